The van der Waals surface area contributed by atoms with Crippen molar-refractivity contribution in [3.8, 4) is 6.07 Å². The third-order valence-corrected chi connectivity index (χ3v) is 6.49. The standard InChI is InChI=1S/C22H27N3S/c1-22(2,3)16-8-11-18-19(13-23)21(26-20(18)12-16)24-14-15-6-9-17(10-7-15)25(4)5/h6-7,9-10,14,16H,8,11-12H2,1-5H3. The van der Waals surface area contributed by atoms with Gasteiger partial charge in [0.2, 0.25) is 0 Å². The number of benzene rings is 1. The number of nitriles is 1. The summed E-state index contributed by atoms with van der Waals surface area (Å²) in [7, 11) is 4.06. The number of anilines is 1. The molecule has 1 aromatic carbocycles. The van der Waals surface area contributed by atoms with Crippen molar-refractivity contribution in [1.29, 1.82) is 5.26 Å². The monoisotopic (exact) mass is 365 g/mol. The van der Waals surface area contributed by atoms with E-state index in [9.17, 15) is 5.26 Å². The highest BCUT2D eigenvalue weighted by Gasteiger charge is 2.32. The highest BCUT2D eigenvalue weighted by Crippen LogP contribution is 2.44. The molecule has 3 nitrogen and oxygen atoms in total. The number of thiophene rings is 1. The first-order chi connectivity index (χ1) is 12.3. The lowest BCUT2D eigenvalue weighted by Gasteiger charge is -2.33. The Balaban J connectivity index is 1.85. The molecule has 1 unspecified atom stereocenters. The Morgan fingerprint density at radius 1 is 1.23 bits per heavy atom. The van der Waals surface area contributed by atoms with Gasteiger partial charge in [-0.3, -0.25) is 0 Å². The molecule has 3 rings (SSSR count). The summed E-state index contributed by atoms with van der Waals surface area (Å²) in [6.45, 7) is 6.95. The molecule has 0 fully saturated rings. The summed E-state index contributed by atoms with van der Waals surface area (Å²) in [6, 6.07) is 10.7. The molecule has 0 spiro atoms. The molecule has 1 heterocycles. The smallest absolute Gasteiger partial charge is 0.134 e. The van der Waals surface area contributed by atoms with Gasteiger partial charge in [0, 0.05) is 30.9 Å². The molecule has 2 aromatic rings. The van der Waals surface area contributed by atoms with Crippen LogP contribution in [0.3, 0.4) is 0 Å². The van der Waals surface area contributed by atoms with Crippen molar-refractivity contribution in [3.63, 3.8) is 0 Å². The highest BCUT2D eigenvalue weighted by atomic mass is 32.1. The second-order valence-electron chi connectivity index (χ2n) is 8.35. The van der Waals surface area contributed by atoms with Crippen molar-refractivity contribution in [2.75, 3.05) is 19.0 Å². The van der Waals surface area contributed by atoms with Gasteiger partial charge in [-0.05, 0) is 53.9 Å². The second-order valence-corrected chi connectivity index (χ2v) is 9.43. The predicted octanol–water partition coefficient (Wildman–Crippen LogP) is 5.59. The van der Waals surface area contributed by atoms with Gasteiger partial charge in [0.25, 0.3) is 0 Å². The molecule has 4 heteroatoms. The molecule has 1 aromatic heterocycles. The van der Waals surface area contributed by atoms with Crippen LogP contribution in [-0.2, 0) is 12.8 Å². The van der Waals surface area contributed by atoms with Crippen molar-refractivity contribution in [1.82, 2.24) is 0 Å². The summed E-state index contributed by atoms with van der Waals surface area (Å²) in [5.41, 5.74) is 4.57. The zero-order chi connectivity index (χ0) is 18.9. The summed E-state index contributed by atoms with van der Waals surface area (Å²) in [4.78, 5) is 8.11. The first-order valence-electron chi connectivity index (χ1n) is 9.15. The minimum atomic E-state index is 0.312. The number of aliphatic imine (C=N–C) groups is 1. The molecule has 0 saturated carbocycles. The van der Waals surface area contributed by atoms with Crippen molar-refractivity contribution in [2.45, 2.75) is 40.0 Å². The molecule has 0 amide bonds. The van der Waals surface area contributed by atoms with Gasteiger partial charge in [0.15, 0.2) is 0 Å². The van der Waals surface area contributed by atoms with Crippen LogP contribution >= 0.6 is 11.3 Å². The summed E-state index contributed by atoms with van der Waals surface area (Å²) in [6.07, 6.45) is 5.12. The van der Waals surface area contributed by atoms with Crippen LogP contribution in [0.15, 0.2) is 29.3 Å². The largest absolute Gasteiger partial charge is 0.378 e. The lowest BCUT2D eigenvalue weighted by atomic mass is 9.72. The van der Waals surface area contributed by atoms with Crippen molar-refractivity contribution < 1.29 is 0 Å². The first-order valence-corrected chi connectivity index (χ1v) is 9.97. The third kappa shape index (κ3) is 3.83. The van der Waals surface area contributed by atoms with Gasteiger partial charge < -0.3 is 4.90 Å². The average molecular weight is 366 g/mol. The van der Waals surface area contributed by atoms with Gasteiger partial charge in [0.1, 0.15) is 11.1 Å². The molecule has 1 aliphatic rings. The summed E-state index contributed by atoms with van der Waals surface area (Å²) >= 11 is 1.71. The maximum Gasteiger partial charge on any atom is 0.134 e. The molecule has 1 aliphatic carbocycles. The minimum absolute atomic E-state index is 0.312. The number of hydrogen-bond donors (Lipinski definition) is 0. The van der Waals surface area contributed by atoms with Crippen molar-refractivity contribution >= 4 is 28.2 Å². The van der Waals surface area contributed by atoms with Crippen LogP contribution in [0.5, 0.6) is 0 Å². The van der Waals surface area contributed by atoms with E-state index in [2.05, 4.69) is 61.0 Å². The van der Waals surface area contributed by atoms with E-state index in [1.54, 1.807) is 11.3 Å². The summed E-state index contributed by atoms with van der Waals surface area (Å²) < 4.78 is 0. The SMILES string of the molecule is CN(C)c1ccc(C=Nc2sc3c(c2C#N)CCC(C(C)(C)C)C3)cc1. The van der Waals surface area contributed by atoms with Crippen molar-refractivity contribution in [3.05, 3.63) is 45.8 Å². The Bertz CT molecular complexity index is 845. The quantitative estimate of drug-likeness (QED) is 0.665. The van der Waals surface area contributed by atoms with Gasteiger partial charge in [-0.2, -0.15) is 5.26 Å². The van der Waals surface area contributed by atoms with E-state index in [0.717, 1.165) is 35.4 Å². The number of fused-ring (bicyclic) bond motifs is 1. The number of rotatable bonds is 3. The normalized spacial score (nSPS) is 17.2. The fourth-order valence-electron chi connectivity index (χ4n) is 3.51. The maximum atomic E-state index is 9.66. The zero-order valence-corrected chi connectivity index (χ0v) is 17.2. The lowest BCUT2D eigenvalue weighted by molar-refractivity contribution is 0.218. The molecular weight excluding hydrogens is 338 g/mol. The molecule has 0 saturated heterocycles. The van der Waals surface area contributed by atoms with E-state index >= 15 is 0 Å². The fourth-order valence-corrected chi connectivity index (χ4v) is 4.73. The van der Waals surface area contributed by atoms with E-state index in [-0.39, 0.29) is 0 Å². The van der Waals surface area contributed by atoms with Gasteiger partial charge in [-0.1, -0.05) is 32.9 Å². The summed E-state index contributed by atoms with van der Waals surface area (Å²) in [5, 5.41) is 10.5. The van der Waals surface area contributed by atoms with E-state index in [1.807, 2.05) is 20.3 Å². The zero-order valence-electron chi connectivity index (χ0n) is 16.3. The van der Waals surface area contributed by atoms with Gasteiger partial charge >= 0.3 is 0 Å². The molecule has 26 heavy (non-hydrogen) atoms. The highest BCUT2D eigenvalue weighted by molar-refractivity contribution is 7.16. The van der Waals surface area contributed by atoms with Crippen LogP contribution in [-0.4, -0.2) is 20.3 Å². The lowest BCUT2D eigenvalue weighted by Crippen LogP contribution is -2.26. The fraction of sp³-hybridized carbons (Fsp3) is 0.455. The Hall–Kier alpha value is -2.12. The first kappa shape index (κ1) is 18.7. The van der Waals surface area contributed by atoms with Gasteiger partial charge in [-0.15, -0.1) is 11.3 Å². The van der Waals surface area contributed by atoms with Gasteiger partial charge in [0.05, 0.1) is 5.56 Å². The molecule has 1 atom stereocenters. The number of hydrogen-bond acceptors (Lipinski definition) is 4. The second kappa shape index (κ2) is 7.25. The van der Waals surface area contributed by atoms with Crippen LogP contribution < -0.4 is 4.90 Å². The van der Waals surface area contributed by atoms with Crippen LogP contribution in [0.25, 0.3) is 0 Å². The Kier molecular flexibility index (Phi) is 5.20. The molecule has 0 radical (unpaired) electrons. The maximum absolute atomic E-state index is 9.66. The van der Waals surface area contributed by atoms with Crippen LogP contribution in [0.1, 0.15) is 48.8 Å². The van der Waals surface area contributed by atoms with E-state index in [4.69, 9.17) is 0 Å². The van der Waals surface area contributed by atoms with Gasteiger partial charge in [-0.25, -0.2) is 4.99 Å². The van der Waals surface area contributed by atoms with Crippen LogP contribution in [0.4, 0.5) is 10.7 Å². The number of nitrogens with zero attached hydrogens (tertiary/aromatic N) is 3. The summed E-state index contributed by atoms with van der Waals surface area (Å²) in [5.74, 6) is 0.676. The third-order valence-electron chi connectivity index (χ3n) is 5.32. The van der Waals surface area contributed by atoms with Crippen LogP contribution in [0, 0.1) is 22.7 Å². The molecule has 0 aliphatic heterocycles. The topological polar surface area (TPSA) is 39.4 Å². The van der Waals surface area contributed by atoms with Crippen molar-refractivity contribution in [2.24, 2.45) is 16.3 Å². The van der Waals surface area contributed by atoms with E-state index in [1.165, 1.54) is 16.1 Å². The van der Waals surface area contributed by atoms with E-state index < -0.39 is 0 Å². The Morgan fingerprint density at radius 3 is 2.50 bits per heavy atom. The molecule has 0 N–H and O–H groups in total. The Labute approximate surface area is 161 Å². The predicted molar refractivity (Wildman–Crippen MR) is 112 cm³/mol. The molecular formula is C22H27N3S. The van der Waals surface area contributed by atoms with E-state index in [0.29, 0.717) is 11.3 Å². The minimum Gasteiger partial charge on any atom is -0.378 e. The average Bonchev–Trinajstić information content (AvgIpc) is 2.96. The Morgan fingerprint density at radius 2 is 1.92 bits per heavy atom. The van der Waals surface area contributed by atoms with Crippen LogP contribution in [0.2, 0.25) is 0 Å². The molecule has 0 bridgehead atoms. The molecule has 136 valence electrons.